The summed E-state index contributed by atoms with van der Waals surface area (Å²) >= 11 is 1.87. The summed E-state index contributed by atoms with van der Waals surface area (Å²) in [6.45, 7) is 0. The van der Waals surface area contributed by atoms with Crippen LogP contribution in [-0.4, -0.2) is 0 Å². The highest BCUT2D eigenvalue weighted by atomic mass is 32.1. The molecule has 60 heavy (non-hydrogen) atoms. The molecule has 0 aliphatic heterocycles. The summed E-state index contributed by atoms with van der Waals surface area (Å²) in [5, 5.41) is 12.7. The SMILES string of the molecule is c1cc(-c2ccccc2N(c2ccc(-c3ccc4c(c3)sc3ccccc34)cc2)c2ccc3c4ccccc4c4ccccc4c3c2)cc(-c2cccc3ccccc23)c1. The van der Waals surface area contributed by atoms with Gasteiger partial charge in [-0.2, -0.15) is 0 Å². The summed E-state index contributed by atoms with van der Waals surface area (Å²) in [4.78, 5) is 2.45. The van der Waals surface area contributed by atoms with Crippen LogP contribution >= 0.6 is 11.3 Å². The standard InChI is InChI=1S/C58H37NS/c1-2-17-45-39(13-1)14-12-24-46(45)41-15-11-16-42(35-41)47-18-7-9-25-56(47)59(44-32-34-52-50-21-4-3-19-48(50)49-20-5-6-22-51(49)55(52)37-44)43-30-27-38(28-31-43)40-29-33-54-53-23-8-10-26-57(53)60-58(54)36-40/h1-37H. The number of rotatable bonds is 6. The van der Waals surface area contributed by atoms with Crippen molar-refractivity contribution in [2.24, 2.45) is 0 Å². The molecule has 0 aliphatic rings. The van der Waals surface area contributed by atoms with Gasteiger partial charge in [-0.1, -0.05) is 176 Å². The fraction of sp³-hybridized carbons (Fsp3) is 0. The molecule has 1 heterocycles. The van der Waals surface area contributed by atoms with Gasteiger partial charge in [-0.25, -0.2) is 0 Å². The molecule has 0 amide bonds. The van der Waals surface area contributed by atoms with Crippen LogP contribution in [0.25, 0.3) is 96.6 Å². The van der Waals surface area contributed by atoms with E-state index in [1.807, 2.05) is 11.3 Å². The molecule has 0 atom stereocenters. The smallest absolute Gasteiger partial charge is 0.0540 e. The summed E-state index contributed by atoms with van der Waals surface area (Å²) in [5.74, 6) is 0. The number of benzene rings is 11. The molecule has 1 nitrogen and oxygen atoms in total. The highest BCUT2D eigenvalue weighted by Crippen LogP contribution is 2.45. The Balaban J connectivity index is 1.04. The highest BCUT2D eigenvalue weighted by Gasteiger charge is 2.20. The third kappa shape index (κ3) is 5.68. The van der Waals surface area contributed by atoms with E-state index in [9.17, 15) is 0 Å². The van der Waals surface area contributed by atoms with Crippen molar-refractivity contribution in [3.05, 3.63) is 224 Å². The second-order valence-corrected chi connectivity index (χ2v) is 16.7. The maximum atomic E-state index is 2.45. The Hall–Kier alpha value is -7.52. The molecule has 0 radical (unpaired) electrons. The van der Waals surface area contributed by atoms with E-state index in [1.54, 1.807) is 0 Å². The molecule has 0 unspecified atom stereocenters. The first-order valence-electron chi connectivity index (χ1n) is 20.6. The molecule has 280 valence electrons. The van der Waals surface area contributed by atoms with E-state index in [2.05, 4.69) is 229 Å². The quantitative estimate of drug-likeness (QED) is 0.152. The first-order valence-corrected chi connectivity index (χ1v) is 21.4. The number of anilines is 3. The fourth-order valence-electron chi connectivity index (χ4n) is 9.41. The number of hydrogen-bond donors (Lipinski definition) is 0. The van der Waals surface area contributed by atoms with Gasteiger partial charge in [-0.05, 0) is 119 Å². The van der Waals surface area contributed by atoms with Crippen LogP contribution in [0.3, 0.4) is 0 Å². The zero-order valence-electron chi connectivity index (χ0n) is 32.7. The fourth-order valence-corrected chi connectivity index (χ4v) is 10.6. The normalized spacial score (nSPS) is 11.7. The van der Waals surface area contributed by atoms with E-state index in [0.717, 1.165) is 17.1 Å². The van der Waals surface area contributed by atoms with Crippen LogP contribution in [0, 0.1) is 0 Å². The lowest BCUT2D eigenvalue weighted by atomic mass is 9.93. The van der Waals surface area contributed by atoms with Crippen LogP contribution in [0.5, 0.6) is 0 Å². The van der Waals surface area contributed by atoms with Crippen LogP contribution in [0.2, 0.25) is 0 Å². The number of nitrogens with zero attached hydrogens (tertiary/aromatic N) is 1. The van der Waals surface area contributed by atoms with Gasteiger partial charge >= 0.3 is 0 Å². The van der Waals surface area contributed by atoms with Crippen LogP contribution in [-0.2, 0) is 0 Å². The summed E-state index contributed by atoms with van der Waals surface area (Å²) in [6, 6.07) is 82.6. The van der Waals surface area contributed by atoms with Crippen molar-refractivity contribution in [2.45, 2.75) is 0 Å². The van der Waals surface area contributed by atoms with Gasteiger partial charge < -0.3 is 4.90 Å². The van der Waals surface area contributed by atoms with E-state index >= 15 is 0 Å². The molecule has 0 aliphatic carbocycles. The van der Waals surface area contributed by atoms with E-state index in [4.69, 9.17) is 0 Å². The van der Waals surface area contributed by atoms with Crippen molar-refractivity contribution in [1.29, 1.82) is 0 Å². The molecule has 2 heteroatoms. The van der Waals surface area contributed by atoms with E-state index in [0.29, 0.717) is 0 Å². The summed E-state index contributed by atoms with van der Waals surface area (Å²) < 4.78 is 2.64. The maximum Gasteiger partial charge on any atom is 0.0540 e. The lowest BCUT2D eigenvalue weighted by molar-refractivity contribution is 1.29. The second-order valence-electron chi connectivity index (χ2n) is 15.6. The molecule has 0 spiro atoms. The summed E-state index contributed by atoms with van der Waals surface area (Å²) in [5.41, 5.74) is 10.5. The van der Waals surface area contributed by atoms with Gasteiger partial charge in [0.25, 0.3) is 0 Å². The van der Waals surface area contributed by atoms with Gasteiger partial charge in [-0.3, -0.25) is 0 Å². The van der Waals surface area contributed by atoms with Crippen molar-refractivity contribution in [3.8, 4) is 33.4 Å². The van der Waals surface area contributed by atoms with E-state index in [1.165, 1.54) is 96.6 Å². The van der Waals surface area contributed by atoms with Crippen LogP contribution in [0.1, 0.15) is 0 Å². The summed E-state index contributed by atoms with van der Waals surface area (Å²) in [7, 11) is 0. The van der Waals surface area contributed by atoms with Crippen LogP contribution < -0.4 is 4.90 Å². The van der Waals surface area contributed by atoms with Gasteiger partial charge in [0, 0.05) is 37.1 Å². The Kier molecular flexibility index (Phi) is 8.11. The molecule has 11 aromatic carbocycles. The van der Waals surface area contributed by atoms with Crippen molar-refractivity contribution in [2.75, 3.05) is 4.90 Å². The van der Waals surface area contributed by atoms with Crippen LogP contribution in [0.15, 0.2) is 224 Å². The van der Waals surface area contributed by atoms with Crippen molar-refractivity contribution >= 4 is 91.7 Å². The van der Waals surface area contributed by atoms with Gasteiger partial charge in [-0.15, -0.1) is 11.3 Å². The Morgan fingerprint density at radius 3 is 1.57 bits per heavy atom. The van der Waals surface area contributed by atoms with Gasteiger partial charge in [0.15, 0.2) is 0 Å². The van der Waals surface area contributed by atoms with Crippen molar-refractivity contribution in [1.82, 2.24) is 0 Å². The predicted molar refractivity (Wildman–Crippen MR) is 260 cm³/mol. The summed E-state index contributed by atoms with van der Waals surface area (Å²) in [6.07, 6.45) is 0. The van der Waals surface area contributed by atoms with Gasteiger partial charge in [0.2, 0.25) is 0 Å². The number of para-hydroxylation sites is 1. The number of hydrogen-bond acceptors (Lipinski definition) is 2. The molecule has 0 saturated heterocycles. The molecular weight excluding hydrogens is 743 g/mol. The van der Waals surface area contributed by atoms with Crippen molar-refractivity contribution < 1.29 is 0 Å². The Morgan fingerprint density at radius 2 is 0.783 bits per heavy atom. The molecule has 12 rings (SSSR count). The molecular formula is C58H37NS. The Bertz CT molecular complexity index is 3570. The zero-order chi connectivity index (χ0) is 39.6. The van der Waals surface area contributed by atoms with E-state index < -0.39 is 0 Å². The maximum absolute atomic E-state index is 2.45. The lowest BCUT2D eigenvalue weighted by Gasteiger charge is -2.29. The zero-order valence-corrected chi connectivity index (χ0v) is 33.5. The Labute approximate surface area is 352 Å². The minimum atomic E-state index is 1.10. The largest absolute Gasteiger partial charge is 0.310 e. The average Bonchev–Trinajstić information content (AvgIpc) is 3.70. The number of thiophene rings is 1. The Morgan fingerprint density at radius 1 is 0.267 bits per heavy atom. The van der Waals surface area contributed by atoms with Crippen molar-refractivity contribution in [3.63, 3.8) is 0 Å². The average molecular weight is 780 g/mol. The van der Waals surface area contributed by atoms with E-state index in [-0.39, 0.29) is 0 Å². The van der Waals surface area contributed by atoms with Gasteiger partial charge in [0.05, 0.1) is 5.69 Å². The number of fused-ring (bicyclic) bond motifs is 10. The van der Waals surface area contributed by atoms with Gasteiger partial charge in [0.1, 0.15) is 0 Å². The molecule has 0 fully saturated rings. The minimum Gasteiger partial charge on any atom is -0.310 e. The lowest BCUT2D eigenvalue weighted by Crippen LogP contribution is -2.11. The molecule has 0 N–H and O–H groups in total. The molecule has 0 bridgehead atoms. The first kappa shape index (κ1) is 34.5. The molecule has 1 aromatic heterocycles. The predicted octanol–water partition coefficient (Wildman–Crippen LogP) is 17.1. The first-order chi connectivity index (χ1) is 29.7. The molecule has 0 saturated carbocycles. The third-order valence-electron chi connectivity index (χ3n) is 12.2. The minimum absolute atomic E-state index is 1.10. The highest BCUT2D eigenvalue weighted by molar-refractivity contribution is 7.25. The molecule has 12 aromatic rings. The third-order valence-corrected chi connectivity index (χ3v) is 13.4. The topological polar surface area (TPSA) is 3.24 Å². The monoisotopic (exact) mass is 779 g/mol. The van der Waals surface area contributed by atoms with Crippen LogP contribution in [0.4, 0.5) is 17.1 Å². The second kappa shape index (κ2) is 14.1.